The van der Waals surface area contributed by atoms with Crippen LogP contribution in [0.25, 0.3) is 16.4 Å². The summed E-state index contributed by atoms with van der Waals surface area (Å²) in [6.45, 7) is 5.14. The van der Waals surface area contributed by atoms with Gasteiger partial charge in [0.2, 0.25) is 5.91 Å². The van der Waals surface area contributed by atoms with Gasteiger partial charge in [-0.05, 0) is 36.8 Å². The molecule has 8 nitrogen and oxygen atoms in total. The van der Waals surface area contributed by atoms with Crippen molar-refractivity contribution in [3.05, 3.63) is 64.5 Å². The molecule has 1 N–H and O–H groups in total. The molecule has 0 spiro atoms. The first-order chi connectivity index (χ1) is 15.5. The summed E-state index contributed by atoms with van der Waals surface area (Å²) in [6.07, 6.45) is -0.889. The van der Waals surface area contributed by atoms with Crippen LogP contribution in [0.15, 0.2) is 47.7 Å². The highest BCUT2D eigenvalue weighted by Gasteiger charge is 2.32. The van der Waals surface area contributed by atoms with E-state index in [4.69, 9.17) is 0 Å². The molecule has 172 valence electrons. The smallest absolute Gasteiger partial charge is 0.323 e. The summed E-state index contributed by atoms with van der Waals surface area (Å²) >= 11 is 0. The first kappa shape index (κ1) is 22.4. The summed E-state index contributed by atoms with van der Waals surface area (Å²) in [5.74, 6) is -0.511. The Kier molecular flexibility index (Phi) is 5.43. The van der Waals surface area contributed by atoms with E-state index in [1.165, 1.54) is 6.33 Å². The normalized spacial score (nSPS) is 12.4. The Labute approximate surface area is 186 Å². The highest BCUT2D eigenvalue weighted by atomic mass is 19.4. The maximum atomic E-state index is 13.3. The van der Waals surface area contributed by atoms with Crippen LogP contribution in [-0.4, -0.2) is 30.3 Å². The summed E-state index contributed by atoms with van der Waals surface area (Å²) in [6, 6.07) is 6.28. The zero-order chi connectivity index (χ0) is 24.0. The third-order valence-electron chi connectivity index (χ3n) is 5.68. The number of hydrogen-bond acceptors (Lipinski definition) is 5. The average Bonchev–Trinajstić information content (AvgIpc) is 3.22. The van der Waals surface area contributed by atoms with E-state index >= 15 is 0 Å². The van der Waals surface area contributed by atoms with Gasteiger partial charge in [0.25, 0.3) is 5.56 Å². The van der Waals surface area contributed by atoms with E-state index in [9.17, 15) is 22.8 Å². The maximum absolute atomic E-state index is 13.3. The number of alkyl halides is 3. The van der Waals surface area contributed by atoms with Crippen molar-refractivity contribution in [2.45, 2.75) is 45.3 Å². The van der Waals surface area contributed by atoms with Crippen LogP contribution >= 0.6 is 0 Å². The lowest BCUT2D eigenvalue weighted by atomic mass is 9.83. The van der Waals surface area contributed by atoms with Crippen molar-refractivity contribution in [1.29, 1.82) is 0 Å². The number of benzene rings is 1. The summed E-state index contributed by atoms with van der Waals surface area (Å²) in [5.41, 5.74) is -0.740. The van der Waals surface area contributed by atoms with Gasteiger partial charge in [0.1, 0.15) is 12.9 Å². The quantitative estimate of drug-likeness (QED) is 0.491. The second-order valence-electron chi connectivity index (χ2n) is 8.37. The SMILES string of the molecule is CCC(C)(C)c1nn(CC(=O)Nc2ccc3nncn3c2)c(=O)c2ccc(C(F)(F)F)cc12. The standard InChI is InChI=1S/C22H21F3N6O2/c1-4-21(2,3)19-16-9-13(22(23,24)25)5-7-15(16)20(33)31(29-19)11-18(32)27-14-6-8-17-28-26-12-30(17)10-14/h5-10,12H,4,11H2,1-3H3,(H,27,32). The number of fused-ring (bicyclic) bond motifs is 2. The van der Waals surface area contributed by atoms with E-state index < -0.39 is 35.2 Å². The van der Waals surface area contributed by atoms with Crippen molar-refractivity contribution in [2.24, 2.45) is 0 Å². The topological polar surface area (TPSA) is 94.2 Å². The second-order valence-corrected chi connectivity index (χ2v) is 8.37. The molecule has 0 fully saturated rings. The first-order valence-corrected chi connectivity index (χ1v) is 10.2. The fourth-order valence-electron chi connectivity index (χ4n) is 3.47. The van der Waals surface area contributed by atoms with Crippen LogP contribution in [0, 0.1) is 0 Å². The zero-order valence-corrected chi connectivity index (χ0v) is 18.1. The second kappa shape index (κ2) is 7.98. The summed E-state index contributed by atoms with van der Waals surface area (Å²) < 4.78 is 42.5. The van der Waals surface area contributed by atoms with Gasteiger partial charge < -0.3 is 5.32 Å². The Morgan fingerprint density at radius 3 is 2.58 bits per heavy atom. The number of pyridine rings is 1. The van der Waals surface area contributed by atoms with Gasteiger partial charge in [0, 0.05) is 17.0 Å². The molecule has 0 aliphatic rings. The predicted molar refractivity (Wildman–Crippen MR) is 116 cm³/mol. The molecular weight excluding hydrogens is 437 g/mol. The van der Waals surface area contributed by atoms with Gasteiger partial charge in [-0.1, -0.05) is 20.8 Å². The molecule has 1 amide bonds. The van der Waals surface area contributed by atoms with Crippen LogP contribution in [-0.2, 0) is 22.9 Å². The predicted octanol–water partition coefficient (Wildman–Crippen LogP) is 3.78. The minimum atomic E-state index is -4.55. The molecule has 0 unspecified atom stereocenters. The molecule has 0 bridgehead atoms. The summed E-state index contributed by atoms with van der Waals surface area (Å²) in [7, 11) is 0. The van der Waals surface area contributed by atoms with E-state index in [0.29, 0.717) is 23.4 Å². The van der Waals surface area contributed by atoms with Crippen LogP contribution in [0.3, 0.4) is 0 Å². The Morgan fingerprint density at radius 2 is 1.88 bits per heavy atom. The number of hydrogen-bond donors (Lipinski definition) is 1. The van der Waals surface area contributed by atoms with Crippen molar-refractivity contribution in [3.63, 3.8) is 0 Å². The monoisotopic (exact) mass is 458 g/mol. The van der Waals surface area contributed by atoms with Gasteiger partial charge in [0.15, 0.2) is 5.65 Å². The fourth-order valence-corrected chi connectivity index (χ4v) is 3.47. The molecule has 0 aliphatic carbocycles. The van der Waals surface area contributed by atoms with E-state index in [1.807, 2.05) is 20.8 Å². The Morgan fingerprint density at radius 1 is 1.12 bits per heavy atom. The van der Waals surface area contributed by atoms with Crippen LogP contribution in [0.5, 0.6) is 0 Å². The number of nitrogens with one attached hydrogen (secondary N) is 1. The molecular formula is C22H21F3N6O2. The molecule has 0 radical (unpaired) electrons. The van der Waals surface area contributed by atoms with E-state index in [-0.39, 0.29) is 10.8 Å². The number of anilines is 1. The van der Waals surface area contributed by atoms with Crippen molar-refractivity contribution in [1.82, 2.24) is 24.4 Å². The van der Waals surface area contributed by atoms with Crippen molar-refractivity contribution in [3.8, 4) is 0 Å². The molecule has 0 atom stereocenters. The van der Waals surface area contributed by atoms with E-state index in [1.54, 1.807) is 22.7 Å². The van der Waals surface area contributed by atoms with E-state index in [0.717, 1.165) is 22.9 Å². The van der Waals surface area contributed by atoms with E-state index in [2.05, 4.69) is 20.6 Å². The number of aromatic nitrogens is 5. The van der Waals surface area contributed by atoms with Gasteiger partial charge in [0.05, 0.1) is 22.3 Å². The molecule has 4 aromatic rings. The van der Waals surface area contributed by atoms with Gasteiger partial charge in [-0.2, -0.15) is 18.3 Å². The number of carbonyl (C=O) groups excluding carboxylic acids is 1. The number of rotatable bonds is 5. The average molecular weight is 458 g/mol. The molecule has 3 aromatic heterocycles. The van der Waals surface area contributed by atoms with Crippen LogP contribution in [0.1, 0.15) is 38.4 Å². The lowest BCUT2D eigenvalue weighted by molar-refractivity contribution is -0.137. The number of carbonyl (C=O) groups is 1. The lowest BCUT2D eigenvalue weighted by Gasteiger charge is -2.25. The van der Waals surface area contributed by atoms with Crippen molar-refractivity contribution in [2.75, 3.05) is 5.32 Å². The number of nitrogens with zero attached hydrogens (tertiary/aromatic N) is 5. The van der Waals surface area contributed by atoms with Gasteiger partial charge in [-0.3, -0.25) is 14.0 Å². The largest absolute Gasteiger partial charge is 0.416 e. The van der Waals surface area contributed by atoms with Gasteiger partial charge >= 0.3 is 6.18 Å². The van der Waals surface area contributed by atoms with Gasteiger partial charge in [-0.15, -0.1) is 10.2 Å². The molecule has 4 rings (SSSR count). The fraction of sp³-hybridized carbons (Fsp3) is 0.318. The first-order valence-electron chi connectivity index (χ1n) is 10.2. The highest BCUT2D eigenvalue weighted by molar-refractivity contribution is 5.91. The Bertz CT molecular complexity index is 1420. The zero-order valence-electron chi connectivity index (χ0n) is 18.1. The third-order valence-corrected chi connectivity index (χ3v) is 5.68. The molecule has 0 saturated heterocycles. The van der Waals surface area contributed by atoms with Gasteiger partial charge in [-0.25, -0.2) is 4.68 Å². The Balaban J connectivity index is 1.74. The van der Waals surface area contributed by atoms with Crippen LogP contribution in [0.4, 0.5) is 18.9 Å². The summed E-state index contributed by atoms with van der Waals surface area (Å²) in [4.78, 5) is 25.7. The summed E-state index contributed by atoms with van der Waals surface area (Å²) in [5, 5.41) is 14.9. The number of halogens is 3. The van der Waals surface area contributed by atoms with Crippen molar-refractivity contribution >= 4 is 28.0 Å². The third kappa shape index (κ3) is 4.30. The Hall–Kier alpha value is -3.76. The van der Waals surface area contributed by atoms with Crippen LogP contribution in [0.2, 0.25) is 0 Å². The number of amides is 1. The van der Waals surface area contributed by atoms with Crippen LogP contribution < -0.4 is 10.9 Å². The minimum absolute atomic E-state index is 0.0771. The molecule has 3 heterocycles. The maximum Gasteiger partial charge on any atom is 0.416 e. The lowest BCUT2D eigenvalue weighted by Crippen LogP contribution is -2.33. The molecule has 11 heteroatoms. The van der Waals surface area contributed by atoms with Crippen molar-refractivity contribution < 1.29 is 18.0 Å². The molecule has 0 aliphatic heterocycles. The molecule has 1 aromatic carbocycles. The molecule has 0 saturated carbocycles. The minimum Gasteiger partial charge on any atom is -0.323 e. The molecule has 33 heavy (non-hydrogen) atoms. The highest BCUT2D eigenvalue weighted by Crippen LogP contribution is 2.35.